The fourth-order valence-corrected chi connectivity index (χ4v) is 2.43. The average Bonchev–Trinajstić information content (AvgIpc) is 3.08. The Kier molecular flexibility index (Phi) is 7.84. The van der Waals surface area contributed by atoms with Crippen molar-refractivity contribution in [3.8, 4) is 0 Å². The predicted octanol–water partition coefficient (Wildman–Crippen LogP) is 1.17. The summed E-state index contributed by atoms with van der Waals surface area (Å²) in [5.41, 5.74) is 8.73. The molecule has 0 aromatic carbocycles. The van der Waals surface area contributed by atoms with Gasteiger partial charge in [0.2, 0.25) is 5.91 Å². The molecule has 1 amide bonds. The van der Waals surface area contributed by atoms with Crippen LogP contribution in [-0.2, 0) is 40.3 Å². The Labute approximate surface area is 147 Å². The van der Waals surface area contributed by atoms with Crippen LogP contribution in [-0.4, -0.2) is 38.5 Å². The van der Waals surface area contributed by atoms with Gasteiger partial charge in [-0.2, -0.15) is 10.2 Å². The van der Waals surface area contributed by atoms with Gasteiger partial charge in [-0.05, 0) is 39.8 Å². The van der Waals surface area contributed by atoms with Gasteiger partial charge in [0.15, 0.2) is 0 Å². The molecule has 0 unspecified atom stereocenters. The van der Waals surface area contributed by atoms with Gasteiger partial charge < -0.3 is 10.5 Å². The van der Waals surface area contributed by atoms with E-state index >= 15 is 0 Å². The van der Waals surface area contributed by atoms with Crippen molar-refractivity contribution < 1.29 is 14.3 Å². The van der Waals surface area contributed by atoms with Gasteiger partial charge in [0.25, 0.3) is 0 Å². The number of methoxy groups -OCH3 is 1. The van der Waals surface area contributed by atoms with E-state index in [4.69, 9.17) is 5.73 Å². The number of nitrogens with zero attached hydrogens (tertiary/aromatic N) is 4. The summed E-state index contributed by atoms with van der Waals surface area (Å²) < 4.78 is 8.19. The Morgan fingerprint density at radius 3 is 1.80 bits per heavy atom. The summed E-state index contributed by atoms with van der Waals surface area (Å²) >= 11 is 0. The fraction of sp³-hybridized carbons (Fsp3) is 0.529. The number of ether oxygens (including phenoxy) is 1. The first kappa shape index (κ1) is 20.4. The molecule has 2 N–H and O–H groups in total. The summed E-state index contributed by atoms with van der Waals surface area (Å²) in [4.78, 5) is 21.6. The lowest BCUT2D eigenvalue weighted by atomic mass is 10.3. The van der Waals surface area contributed by atoms with Crippen LogP contribution in [0.3, 0.4) is 0 Å². The number of hydrogen-bond donors (Lipinski definition) is 1. The van der Waals surface area contributed by atoms with Gasteiger partial charge in [-0.15, -0.1) is 0 Å². The van der Waals surface area contributed by atoms with Gasteiger partial charge in [-0.1, -0.05) is 0 Å². The van der Waals surface area contributed by atoms with E-state index in [1.165, 1.54) is 7.11 Å². The molecule has 25 heavy (non-hydrogen) atoms. The fourth-order valence-electron chi connectivity index (χ4n) is 2.43. The number of primary amides is 1. The molecule has 0 atom stereocenters. The van der Waals surface area contributed by atoms with E-state index in [1.807, 2.05) is 44.5 Å². The molecule has 2 aromatic heterocycles. The summed E-state index contributed by atoms with van der Waals surface area (Å²) in [6.07, 6.45) is 0.569. The number of aromatic nitrogens is 4. The van der Waals surface area contributed by atoms with Crippen molar-refractivity contribution in [2.75, 3.05) is 7.11 Å². The van der Waals surface area contributed by atoms with Crippen LogP contribution in [0, 0.1) is 13.8 Å². The second-order valence-corrected chi connectivity index (χ2v) is 5.58. The molecule has 2 heterocycles. The number of carbonyl (C=O) groups is 2. The van der Waals surface area contributed by atoms with Crippen LogP contribution in [0.15, 0.2) is 12.1 Å². The Bertz CT molecular complexity index is 718. The maximum absolute atomic E-state index is 11.0. The number of nitrogens with two attached hydrogens (primary N) is 1. The maximum atomic E-state index is 11.0. The van der Waals surface area contributed by atoms with E-state index in [-0.39, 0.29) is 18.3 Å². The zero-order chi connectivity index (χ0) is 19.0. The van der Waals surface area contributed by atoms with E-state index in [2.05, 4.69) is 14.9 Å². The number of amides is 1. The highest BCUT2D eigenvalue weighted by Crippen LogP contribution is 2.05. The van der Waals surface area contributed by atoms with Crippen LogP contribution in [0.2, 0.25) is 0 Å². The molecular weight excluding hydrogens is 322 g/mol. The molecule has 0 bridgehead atoms. The molecule has 0 aliphatic rings. The quantitative estimate of drug-likeness (QED) is 0.788. The molecule has 0 saturated heterocycles. The predicted molar refractivity (Wildman–Crippen MR) is 93.9 cm³/mol. The molecule has 138 valence electrons. The smallest absolute Gasteiger partial charge is 0.311 e. The minimum absolute atomic E-state index is 0.227. The highest BCUT2D eigenvalue weighted by Gasteiger charge is 2.09. The highest BCUT2D eigenvalue weighted by molar-refractivity contribution is 5.76. The lowest BCUT2D eigenvalue weighted by Gasteiger charge is -2.02. The average molecular weight is 349 g/mol. The van der Waals surface area contributed by atoms with Crippen LogP contribution in [0.1, 0.15) is 36.6 Å². The SMILES string of the molecule is CCn1nc(C)cc1CC(=O)OC.CCn1nc(C)cc1CC(N)=O. The molecule has 2 aromatic rings. The van der Waals surface area contributed by atoms with E-state index in [0.717, 1.165) is 35.9 Å². The second-order valence-electron chi connectivity index (χ2n) is 5.58. The van der Waals surface area contributed by atoms with Gasteiger partial charge in [0, 0.05) is 24.5 Å². The minimum atomic E-state index is -0.315. The van der Waals surface area contributed by atoms with Crippen LogP contribution in [0.4, 0.5) is 0 Å². The first-order valence-electron chi connectivity index (χ1n) is 8.22. The summed E-state index contributed by atoms with van der Waals surface area (Å²) in [6, 6.07) is 3.79. The molecule has 2 rings (SSSR count). The largest absolute Gasteiger partial charge is 0.469 e. The van der Waals surface area contributed by atoms with Crippen molar-refractivity contribution >= 4 is 11.9 Å². The molecule has 0 fully saturated rings. The zero-order valence-corrected chi connectivity index (χ0v) is 15.6. The molecule has 0 radical (unpaired) electrons. The third-order valence-electron chi connectivity index (χ3n) is 3.48. The standard InChI is InChI=1S/C9H14N2O2.C8H13N3O/c1-4-11-8(5-7(2)10-11)6-9(12)13-3;1-3-11-7(5-8(9)12)4-6(2)10-11/h5H,4,6H2,1-3H3;4H,3,5H2,1-2H3,(H2,9,12). The van der Waals surface area contributed by atoms with E-state index < -0.39 is 0 Å². The van der Waals surface area contributed by atoms with Gasteiger partial charge >= 0.3 is 5.97 Å². The Morgan fingerprint density at radius 2 is 1.44 bits per heavy atom. The minimum Gasteiger partial charge on any atom is -0.469 e. The number of hydrogen-bond acceptors (Lipinski definition) is 5. The van der Waals surface area contributed by atoms with Crippen molar-refractivity contribution in [2.45, 2.75) is 53.6 Å². The molecule has 8 nitrogen and oxygen atoms in total. The molecule has 0 saturated carbocycles. The number of esters is 1. The number of rotatable bonds is 6. The Hall–Kier alpha value is -2.64. The third-order valence-corrected chi connectivity index (χ3v) is 3.48. The number of carbonyl (C=O) groups excluding carboxylic acids is 2. The van der Waals surface area contributed by atoms with Gasteiger partial charge in [-0.25, -0.2) is 0 Å². The molecule has 0 aliphatic heterocycles. The molecular formula is C17H27N5O3. The summed E-state index contributed by atoms with van der Waals surface area (Å²) in [6.45, 7) is 9.34. The first-order valence-corrected chi connectivity index (χ1v) is 8.22. The second kappa shape index (κ2) is 9.61. The summed E-state index contributed by atoms with van der Waals surface area (Å²) in [5.74, 6) is -0.542. The van der Waals surface area contributed by atoms with Crippen LogP contribution in [0.25, 0.3) is 0 Å². The Balaban J connectivity index is 0.000000251. The van der Waals surface area contributed by atoms with Crippen molar-refractivity contribution in [2.24, 2.45) is 5.73 Å². The van der Waals surface area contributed by atoms with Crippen molar-refractivity contribution in [3.63, 3.8) is 0 Å². The normalized spacial score (nSPS) is 10.1. The zero-order valence-electron chi connectivity index (χ0n) is 15.6. The lowest BCUT2D eigenvalue weighted by molar-refractivity contribution is -0.139. The van der Waals surface area contributed by atoms with Crippen molar-refractivity contribution in [1.29, 1.82) is 0 Å². The molecule has 0 aliphatic carbocycles. The first-order chi connectivity index (χ1) is 11.8. The molecule has 8 heteroatoms. The van der Waals surface area contributed by atoms with Crippen molar-refractivity contribution in [1.82, 2.24) is 19.6 Å². The summed E-state index contributed by atoms with van der Waals surface area (Å²) in [7, 11) is 1.39. The topological polar surface area (TPSA) is 105 Å². The van der Waals surface area contributed by atoms with Crippen LogP contribution in [0.5, 0.6) is 0 Å². The maximum Gasteiger partial charge on any atom is 0.311 e. The third kappa shape index (κ3) is 6.40. The van der Waals surface area contributed by atoms with Crippen molar-refractivity contribution in [3.05, 3.63) is 34.9 Å². The van der Waals surface area contributed by atoms with Gasteiger partial charge in [0.05, 0.1) is 31.3 Å². The monoisotopic (exact) mass is 349 g/mol. The molecule has 0 spiro atoms. The van der Waals surface area contributed by atoms with Gasteiger partial charge in [0.1, 0.15) is 0 Å². The van der Waals surface area contributed by atoms with E-state index in [9.17, 15) is 9.59 Å². The lowest BCUT2D eigenvalue weighted by Crippen LogP contribution is -2.16. The van der Waals surface area contributed by atoms with E-state index in [1.54, 1.807) is 4.68 Å². The van der Waals surface area contributed by atoms with Gasteiger partial charge in [-0.3, -0.25) is 19.0 Å². The van der Waals surface area contributed by atoms with Crippen LogP contribution < -0.4 is 5.73 Å². The highest BCUT2D eigenvalue weighted by atomic mass is 16.5. The Morgan fingerprint density at radius 1 is 1.00 bits per heavy atom. The van der Waals surface area contributed by atoms with Crippen LogP contribution >= 0.6 is 0 Å². The summed E-state index contributed by atoms with van der Waals surface area (Å²) in [5, 5.41) is 8.42. The van der Waals surface area contributed by atoms with E-state index in [0.29, 0.717) is 6.42 Å². The number of aryl methyl sites for hydroxylation is 4.